The van der Waals surface area contributed by atoms with Gasteiger partial charge in [0, 0.05) is 5.02 Å². The van der Waals surface area contributed by atoms with Crippen LogP contribution in [0, 0.1) is 0 Å². The van der Waals surface area contributed by atoms with Gasteiger partial charge in [-0.3, -0.25) is 0 Å². The molecule has 2 rings (SSSR count). The summed E-state index contributed by atoms with van der Waals surface area (Å²) in [4.78, 5) is 0. The molecule has 2 aromatic rings. The highest BCUT2D eigenvalue weighted by molar-refractivity contribution is 7.90. The zero-order chi connectivity index (χ0) is 13.7. The van der Waals surface area contributed by atoms with Crippen LogP contribution in [-0.2, 0) is 10.1 Å². The van der Waals surface area contributed by atoms with Gasteiger partial charge in [0.15, 0.2) is 0 Å². The van der Waals surface area contributed by atoms with Crippen molar-refractivity contribution in [1.29, 1.82) is 0 Å². The van der Waals surface area contributed by atoms with Crippen LogP contribution in [0.1, 0.15) is 5.56 Å². The lowest BCUT2D eigenvalue weighted by atomic mass is 10.2. The molecule has 0 aliphatic carbocycles. The summed E-state index contributed by atoms with van der Waals surface area (Å²) < 4.78 is 28.3. The second kappa shape index (κ2) is 5.91. The average Bonchev–Trinajstić information content (AvgIpc) is 2.39. The van der Waals surface area contributed by atoms with Gasteiger partial charge in [-0.2, -0.15) is 8.42 Å². The van der Waals surface area contributed by atoms with Crippen LogP contribution in [0.4, 0.5) is 0 Å². The van der Waals surface area contributed by atoms with Crippen LogP contribution < -0.4 is 4.18 Å². The number of hydrogen-bond donors (Lipinski definition) is 0. The van der Waals surface area contributed by atoms with E-state index in [9.17, 15) is 8.42 Å². The van der Waals surface area contributed by atoms with Gasteiger partial charge in [-0.05, 0) is 35.9 Å². The Morgan fingerprint density at radius 3 is 2.21 bits per heavy atom. The largest absolute Gasteiger partial charge is 0.379 e. The first-order chi connectivity index (χ1) is 9.05. The van der Waals surface area contributed by atoms with Crippen molar-refractivity contribution in [3.63, 3.8) is 0 Å². The zero-order valence-electron chi connectivity index (χ0n) is 9.86. The lowest BCUT2D eigenvalue weighted by molar-refractivity contribution is 0.497. The molecule has 19 heavy (non-hydrogen) atoms. The summed E-state index contributed by atoms with van der Waals surface area (Å²) in [6.07, 6.45) is 1.45. The van der Waals surface area contributed by atoms with Crippen LogP contribution in [0.25, 0.3) is 6.08 Å². The van der Waals surface area contributed by atoms with Gasteiger partial charge in [-0.25, -0.2) is 0 Å². The molecule has 0 saturated carbocycles. The van der Waals surface area contributed by atoms with E-state index >= 15 is 0 Å². The van der Waals surface area contributed by atoms with E-state index in [4.69, 9.17) is 15.8 Å². The summed E-state index contributed by atoms with van der Waals surface area (Å²) in [5.74, 6) is 0.281. The minimum atomic E-state index is -3.76. The molecule has 3 nitrogen and oxygen atoms in total. The van der Waals surface area contributed by atoms with Crippen molar-refractivity contribution in [3.05, 3.63) is 70.6 Å². The average molecular weight is 295 g/mol. The normalized spacial score (nSPS) is 11.6. The van der Waals surface area contributed by atoms with Crippen LogP contribution >= 0.6 is 11.6 Å². The van der Waals surface area contributed by atoms with E-state index in [0.29, 0.717) is 5.02 Å². The fraction of sp³-hybridized carbons (Fsp3) is 0. The molecular formula is C14H11ClO3S. The zero-order valence-corrected chi connectivity index (χ0v) is 11.4. The summed E-state index contributed by atoms with van der Waals surface area (Å²) >= 11 is 5.74. The van der Waals surface area contributed by atoms with Crippen molar-refractivity contribution in [2.24, 2.45) is 0 Å². The molecule has 0 heterocycles. The van der Waals surface area contributed by atoms with E-state index in [1.54, 1.807) is 54.6 Å². The van der Waals surface area contributed by atoms with Crippen LogP contribution in [0.5, 0.6) is 5.75 Å². The maximum absolute atomic E-state index is 11.7. The van der Waals surface area contributed by atoms with Crippen molar-refractivity contribution in [2.45, 2.75) is 0 Å². The number of rotatable bonds is 4. The molecule has 98 valence electrons. The van der Waals surface area contributed by atoms with Gasteiger partial charge in [0.25, 0.3) is 0 Å². The maximum atomic E-state index is 11.7. The van der Waals surface area contributed by atoms with Crippen molar-refractivity contribution < 1.29 is 12.6 Å². The lowest BCUT2D eigenvalue weighted by Crippen LogP contribution is -2.04. The standard InChI is InChI=1S/C14H11ClO3S/c15-13-8-6-12(7-9-13)10-11-19(16,17)18-14-4-2-1-3-5-14/h1-11H/b11-10+. The fourth-order valence-electron chi connectivity index (χ4n) is 1.37. The maximum Gasteiger partial charge on any atom is 0.332 e. The van der Waals surface area contributed by atoms with Gasteiger partial charge in [0.1, 0.15) is 5.75 Å². The molecule has 0 unspecified atom stereocenters. The van der Waals surface area contributed by atoms with Gasteiger partial charge >= 0.3 is 10.1 Å². The van der Waals surface area contributed by atoms with Crippen molar-refractivity contribution in [1.82, 2.24) is 0 Å². The summed E-state index contributed by atoms with van der Waals surface area (Å²) in [6, 6.07) is 15.2. The Kier molecular flexibility index (Phi) is 4.24. The minimum absolute atomic E-state index is 0.281. The molecule has 2 aromatic carbocycles. The molecule has 0 fully saturated rings. The fourth-order valence-corrected chi connectivity index (χ4v) is 2.26. The molecule has 5 heteroatoms. The van der Waals surface area contributed by atoms with Crippen LogP contribution in [-0.4, -0.2) is 8.42 Å². The molecule has 0 atom stereocenters. The van der Waals surface area contributed by atoms with E-state index < -0.39 is 10.1 Å². The van der Waals surface area contributed by atoms with E-state index in [0.717, 1.165) is 11.0 Å². The SMILES string of the molecule is O=S(=O)(/C=C/c1ccc(Cl)cc1)Oc1ccccc1. The number of halogens is 1. The Morgan fingerprint density at radius 1 is 0.947 bits per heavy atom. The Hall–Kier alpha value is -1.78. The van der Waals surface area contributed by atoms with Gasteiger partial charge < -0.3 is 4.18 Å². The molecule has 0 aliphatic heterocycles. The molecule has 0 aromatic heterocycles. The number of hydrogen-bond acceptors (Lipinski definition) is 3. The first-order valence-corrected chi connectivity index (χ1v) is 7.33. The van der Waals surface area contributed by atoms with Crippen molar-refractivity contribution >= 4 is 27.8 Å². The molecule has 0 aliphatic rings. The molecule has 0 spiro atoms. The quantitative estimate of drug-likeness (QED) is 0.807. The number of para-hydroxylation sites is 1. The Morgan fingerprint density at radius 2 is 1.58 bits per heavy atom. The number of benzene rings is 2. The third-order valence-corrected chi connectivity index (χ3v) is 3.40. The van der Waals surface area contributed by atoms with Crippen LogP contribution in [0.3, 0.4) is 0 Å². The Labute approximate surface area is 117 Å². The third-order valence-electron chi connectivity index (χ3n) is 2.25. The minimum Gasteiger partial charge on any atom is -0.379 e. The van der Waals surface area contributed by atoms with Gasteiger partial charge in [0.05, 0.1) is 5.41 Å². The first-order valence-electron chi connectivity index (χ1n) is 5.48. The molecule has 0 N–H and O–H groups in total. The molecule has 0 bridgehead atoms. The van der Waals surface area contributed by atoms with Gasteiger partial charge in [-0.15, -0.1) is 0 Å². The van der Waals surface area contributed by atoms with Crippen LogP contribution in [0.15, 0.2) is 60.0 Å². The summed E-state index contributed by atoms with van der Waals surface area (Å²) in [5.41, 5.74) is 0.727. The molecule has 0 saturated heterocycles. The van der Waals surface area contributed by atoms with E-state index in [1.807, 2.05) is 0 Å². The predicted molar refractivity (Wildman–Crippen MR) is 76.5 cm³/mol. The first kappa shape index (κ1) is 13.6. The van der Waals surface area contributed by atoms with Crippen LogP contribution in [0.2, 0.25) is 5.02 Å². The molecule has 0 amide bonds. The Bertz CT molecular complexity index is 662. The van der Waals surface area contributed by atoms with E-state index in [-0.39, 0.29) is 5.75 Å². The highest BCUT2D eigenvalue weighted by atomic mass is 35.5. The second-order valence-electron chi connectivity index (χ2n) is 3.74. The lowest BCUT2D eigenvalue weighted by Gasteiger charge is -2.02. The molecule has 0 radical (unpaired) electrons. The second-order valence-corrected chi connectivity index (χ2v) is 5.60. The summed E-state index contributed by atoms with van der Waals surface area (Å²) in [6.45, 7) is 0. The summed E-state index contributed by atoms with van der Waals surface area (Å²) in [5, 5.41) is 1.61. The topological polar surface area (TPSA) is 43.4 Å². The summed E-state index contributed by atoms with van der Waals surface area (Å²) in [7, 11) is -3.76. The smallest absolute Gasteiger partial charge is 0.332 e. The highest BCUT2D eigenvalue weighted by Gasteiger charge is 2.07. The molecular weight excluding hydrogens is 284 g/mol. The third kappa shape index (κ3) is 4.43. The predicted octanol–water partition coefficient (Wildman–Crippen LogP) is 3.72. The van der Waals surface area contributed by atoms with Gasteiger partial charge in [0.2, 0.25) is 0 Å². The van der Waals surface area contributed by atoms with Gasteiger partial charge in [-0.1, -0.05) is 41.9 Å². The van der Waals surface area contributed by atoms with E-state index in [1.165, 1.54) is 6.08 Å². The Balaban J connectivity index is 2.11. The van der Waals surface area contributed by atoms with Crippen molar-refractivity contribution in [3.8, 4) is 5.75 Å². The van der Waals surface area contributed by atoms with E-state index in [2.05, 4.69) is 0 Å². The highest BCUT2D eigenvalue weighted by Crippen LogP contribution is 2.14. The monoisotopic (exact) mass is 294 g/mol. The van der Waals surface area contributed by atoms with Crippen molar-refractivity contribution in [2.75, 3.05) is 0 Å².